The monoisotopic (exact) mass is 372 g/mol. The van der Waals surface area contributed by atoms with E-state index in [1.165, 1.54) is 9.80 Å². The van der Waals surface area contributed by atoms with Crippen molar-refractivity contribution >= 4 is 18.0 Å². The first-order valence-corrected chi connectivity index (χ1v) is 9.51. The number of hydrogen-bond acceptors (Lipinski definition) is 4. The Hall–Kier alpha value is -1.79. The van der Waals surface area contributed by atoms with E-state index < -0.39 is 17.7 Å². The van der Waals surface area contributed by atoms with Gasteiger partial charge in [0, 0.05) is 12.1 Å². The van der Waals surface area contributed by atoms with Gasteiger partial charge in [-0.1, -0.05) is 27.7 Å². The summed E-state index contributed by atoms with van der Waals surface area (Å²) in [6, 6.07) is -0.303. The van der Waals surface area contributed by atoms with Gasteiger partial charge in [0.05, 0.1) is 0 Å². The highest BCUT2D eigenvalue weighted by molar-refractivity contribution is 5.85. The molecule has 0 radical (unpaired) electrons. The van der Waals surface area contributed by atoms with E-state index in [9.17, 15) is 19.5 Å². The Morgan fingerprint density at radius 3 is 1.62 bits per heavy atom. The number of amides is 2. The molecule has 0 aliphatic carbocycles. The van der Waals surface area contributed by atoms with E-state index >= 15 is 0 Å². The van der Waals surface area contributed by atoms with Crippen molar-refractivity contribution in [2.45, 2.75) is 91.8 Å². The van der Waals surface area contributed by atoms with E-state index in [4.69, 9.17) is 4.74 Å². The van der Waals surface area contributed by atoms with E-state index in [0.717, 1.165) is 0 Å². The first-order chi connectivity index (χ1) is 12.0. The third-order valence-electron chi connectivity index (χ3n) is 4.33. The van der Waals surface area contributed by atoms with Gasteiger partial charge in [0.2, 0.25) is 5.91 Å². The molecule has 0 saturated carbocycles. The summed E-state index contributed by atoms with van der Waals surface area (Å²) in [5.74, 6) is -1.42. The summed E-state index contributed by atoms with van der Waals surface area (Å²) < 4.78 is 5.46. The zero-order chi connectivity index (χ0) is 20.5. The van der Waals surface area contributed by atoms with Crippen molar-refractivity contribution in [3.05, 3.63) is 0 Å². The van der Waals surface area contributed by atoms with Crippen LogP contribution in [0, 0.1) is 0 Å². The maximum atomic E-state index is 12.9. The van der Waals surface area contributed by atoms with Crippen molar-refractivity contribution in [3.63, 3.8) is 0 Å². The molecule has 0 rings (SSSR count). The van der Waals surface area contributed by atoms with Crippen LogP contribution in [-0.4, -0.2) is 63.7 Å². The van der Waals surface area contributed by atoms with Crippen LogP contribution in [0.4, 0.5) is 4.79 Å². The molecule has 1 N–H and O–H groups in total. The van der Waals surface area contributed by atoms with Crippen LogP contribution in [0.1, 0.15) is 74.1 Å². The third-order valence-corrected chi connectivity index (χ3v) is 4.33. The fourth-order valence-corrected chi connectivity index (χ4v) is 2.93. The second-order valence-corrected chi connectivity index (χ2v) is 7.46. The Balaban J connectivity index is 5.52. The summed E-state index contributed by atoms with van der Waals surface area (Å²) in [4.78, 5) is 39.5. The average Bonchev–Trinajstić information content (AvgIpc) is 2.52. The standard InChI is InChI=1S/C19H36N2O5/c1-8-14(9-2)20(13-17(23)24)16(22)12-21(15(10-3)11-4)18(25)26-19(5,6)7/h14-15H,8-13H2,1-7H3,(H,23,24). The predicted octanol–water partition coefficient (Wildman–Crippen LogP) is 3.51. The number of nitrogens with zero attached hydrogens (tertiary/aromatic N) is 2. The minimum atomic E-state index is -1.06. The van der Waals surface area contributed by atoms with Gasteiger partial charge in [0.1, 0.15) is 18.7 Å². The summed E-state index contributed by atoms with van der Waals surface area (Å²) in [7, 11) is 0. The first-order valence-electron chi connectivity index (χ1n) is 9.51. The molecule has 0 aromatic heterocycles. The molecule has 0 unspecified atom stereocenters. The normalized spacial score (nSPS) is 11.6. The smallest absolute Gasteiger partial charge is 0.411 e. The summed E-state index contributed by atoms with van der Waals surface area (Å²) in [5, 5.41) is 9.17. The Morgan fingerprint density at radius 1 is 0.846 bits per heavy atom. The molecule has 0 spiro atoms. The van der Waals surface area contributed by atoms with Crippen LogP contribution < -0.4 is 0 Å². The SMILES string of the molecule is CCC(CC)N(CC(=O)O)C(=O)CN(C(=O)OC(C)(C)C)C(CC)CC. The molecule has 0 fully saturated rings. The molecule has 0 saturated heterocycles. The highest BCUT2D eigenvalue weighted by Gasteiger charge is 2.32. The van der Waals surface area contributed by atoms with Crippen molar-refractivity contribution in [1.82, 2.24) is 9.80 Å². The summed E-state index contributed by atoms with van der Waals surface area (Å²) >= 11 is 0. The molecular weight excluding hydrogens is 336 g/mol. The van der Waals surface area contributed by atoms with Crippen LogP contribution in [0.15, 0.2) is 0 Å². The van der Waals surface area contributed by atoms with Crippen LogP contribution in [0.25, 0.3) is 0 Å². The van der Waals surface area contributed by atoms with E-state index in [2.05, 4.69) is 0 Å². The van der Waals surface area contributed by atoms with Crippen LogP contribution >= 0.6 is 0 Å². The molecule has 7 heteroatoms. The van der Waals surface area contributed by atoms with E-state index in [1.807, 2.05) is 27.7 Å². The van der Waals surface area contributed by atoms with Crippen molar-refractivity contribution in [1.29, 1.82) is 0 Å². The lowest BCUT2D eigenvalue weighted by atomic mass is 10.1. The molecule has 0 aliphatic heterocycles. The number of carbonyl (C=O) groups excluding carboxylic acids is 2. The van der Waals surface area contributed by atoms with Crippen molar-refractivity contribution < 1.29 is 24.2 Å². The van der Waals surface area contributed by atoms with Gasteiger partial charge in [-0.25, -0.2) is 4.79 Å². The second kappa shape index (κ2) is 11.0. The minimum Gasteiger partial charge on any atom is -0.480 e. The van der Waals surface area contributed by atoms with Gasteiger partial charge < -0.3 is 14.7 Å². The van der Waals surface area contributed by atoms with Crippen LogP contribution in [-0.2, 0) is 14.3 Å². The zero-order valence-electron chi connectivity index (χ0n) is 17.4. The third kappa shape index (κ3) is 8.06. The number of ether oxygens (including phenoxy) is 1. The number of carboxylic acids is 1. The fourth-order valence-electron chi connectivity index (χ4n) is 2.93. The maximum absolute atomic E-state index is 12.9. The first kappa shape index (κ1) is 24.2. The highest BCUT2D eigenvalue weighted by atomic mass is 16.6. The molecule has 0 atom stereocenters. The van der Waals surface area contributed by atoms with Crippen molar-refractivity contribution in [3.8, 4) is 0 Å². The molecule has 0 bridgehead atoms. The quantitative estimate of drug-likeness (QED) is 0.634. The Bertz CT molecular complexity index is 465. The molecular formula is C19H36N2O5. The molecule has 0 aliphatic rings. The Morgan fingerprint density at radius 2 is 1.27 bits per heavy atom. The zero-order valence-corrected chi connectivity index (χ0v) is 17.4. The average molecular weight is 373 g/mol. The Kier molecular flexibility index (Phi) is 10.3. The number of aliphatic carboxylic acids is 1. The van der Waals surface area contributed by atoms with E-state index in [1.54, 1.807) is 20.8 Å². The van der Waals surface area contributed by atoms with E-state index in [0.29, 0.717) is 25.7 Å². The molecule has 0 heterocycles. The van der Waals surface area contributed by atoms with Gasteiger partial charge >= 0.3 is 12.1 Å². The van der Waals surface area contributed by atoms with Crippen LogP contribution in [0.3, 0.4) is 0 Å². The van der Waals surface area contributed by atoms with Gasteiger partial charge in [-0.15, -0.1) is 0 Å². The van der Waals surface area contributed by atoms with Gasteiger partial charge in [-0.05, 0) is 46.5 Å². The lowest BCUT2D eigenvalue weighted by Gasteiger charge is -2.35. The van der Waals surface area contributed by atoms with Crippen molar-refractivity contribution in [2.75, 3.05) is 13.1 Å². The minimum absolute atomic E-state index is 0.137. The van der Waals surface area contributed by atoms with Gasteiger partial charge in [0.25, 0.3) is 0 Å². The highest BCUT2D eigenvalue weighted by Crippen LogP contribution is 2.17. The van der Waals surface area contributed by atoms with Crippen molar-refractivity contribution in [2.24, 2.45) is 0 Å². The summed E-state index contributed by atoms with van der Waals surface area (Å²) in [5.41, 5.74) is -0.666. The number of hydrogen-bond donors (Lipinski definition) is 1. The Labute approximate surface area is 157 Å². The lowest BCUT2D eigenvalue weighted by Crippen LogP contribution is -2.52. The van der Waals surface area contributed by atoms with Crippen LogP contribution in [0.2, 0.25) is 0 Å². The van der Waals surface area contributed by atoms with Gasteiger partial charge in [-0.3, -0.25) is 14.5 Å². The fraction of sp³-hybridized carbons (Fsp3) is 0.842. The molecule has 2 amide bonds. The van der Waals surface area contributed by atoms with Crippen LogP contribution in [0.5, 0.6) is 0 Å². The second-order valence-electron chi connectivity index (χ2n) is 7.46. The van der Waals surface area contributed by atoms with E-state index in [-0.39, 0.29) is 31.1 Å². The van der Waals surface area contributed by atoms with Gasteiger partial charge in [0.15, 0.2) is 0 Å². The molecule has 0 aromatic carbocycles. The molecule has 152 valence electrons. The topological polar surface area (TPSA) is 87.2 Å². The lowest BCUT2D eigenvalue weighted by molar-refractivity contribution is -0.147. The number of carbonyl (C=O) groups is 3. The largest absolute Gasteiger partial charge is 0.480 e. The molecule has 26 heavy (non-hydrogen) atoms. The predicted molar refractivity (Wildman–Crippen MR) is 101 cm³/mol. The van der Waals surface area contributed by atoms with Gasteiger partial charge in [-0.2, -0.15) is 0 Å². The number of carboxylic acid groups (broad SMARTS) is 1. The number of rotatable bonds is 10. The summed E-state index contributed by atoms with van der Waals surface area (Å²) in [6.07, 6.45) is 2.15. The maximum Gasteiger partial charge on any atom is 0.411 e. The molecule has 7 nitrogen and oxygen atoms in total. The summed E-state index contributed by atoms with van der Waals surface area (Å²) in [6.45, 7) is 12.5. The molecule has 0 aromatic rings.